The number of esters is 1. The molecule has 6 nitrogen and oxygen atoms in total. The lowest BCUT2D eigenvalue weighted by atomic mass is 9.97. The zero-order chi connectivity index (χ0) is 24.7. The van der Waals surface area contributed by atoms with Gasteiger partial charge in [-0.3, -0.25) is 4.79 Å². The maximum absolute atomic E-state index is 11.9. The molecule has 198 valence electrons. The molecular weight excluding hydrogens is 418 g/mol. The minimum Gasteiger partial charge on any atom is -0.466 e. The fourth-order valence-corrected chi connectivity index (χ4v) is 4.11. The van der Waals surface area contributed by atoms with E-state index in [4.69, 9.17) is 15.2 Å². The SMILES string of the molecule is CCCCCCCCCCCCCCCCCCOC(C)C(O)CC(C(=O)OCC)C(N)O. The largest absolute Gasteiger partial charge is 0.466 e. The summed E-state index contributed by atoms with van der Waals surface area (Å²) in [6.07, 6.45) is 18.6. The van der Waals surface area contributed by atoms with E-state index in [9.17, 15) is 15.0 Å². The van der Waals surface area contributed by atoms with Gasteiger partial charge in [0.25, 0.3) is 0 Å². The van der Waals surface area contributed by atoms with Crippen LogP contribution in [0.2, 0.25) is 0 Å². The number of nitrogens with two attached hydrogens (primary N) is 1. The minimum atomic E-state index is -1.36. The van der Waals surface area contributed by atoms with Crippen LogP contribution in [0, 0.1) is 5.92 Å². The van der Waals surface area contributed by atoms with Crippen LogP contribution in [0.15, 0.2) is 0 Å². The highest BCUT2D eigenvalue weighted by Crippen LogP contribution is 2.17. The lowest BCUT2D eigenvalue weighted by molar-refractivity contribution is -0.154. The number of carbonyl (C=O) groups is 1. The molecule has 0 heterocycles. The molecule has 0 rings (SSSR count). The van der Waals surface area contributed by atoms with E-state index in [1.165, 1.54) is 89.9 Å². The summed E-state index contributed by atoms with van der Waals surface area (Å²) in [5, 5.41) is 19.9. The number of hydrogen-bond donors (Lipinski definition) is 3. The van der Waals surface area contributed by atoms with Crippen molar-refractivity contribution in [1.29, 1.82) is 0 Å². The standard InChI is InChI=1S/C27H55NO5/c1-4-6-7-8-9-10-11-12-13-14-15-16-17-18-19-20-21-33-23(3)25(29)22-24(26(28)30)27(31)32-5-2/h23-26,29-30H,4-22,28H2,1-3H3. The molecule has 0 aliphatic carbocycles. The van der Waals surface area contributed by atoms with Crippen molar-refractivity contribution < 1.29 is 24.5 Å². The van der Waals surface area contributed by atoms with Gasteiger partial charge >= 0.3 is 5.97 Å². The van der Waals surface area contributed by atoms with Crippen LogP contribution in [-0.2, 0) is 14.3 Å². The summed E-state index contributed by atoms with van der Waals surface area (Å²) in [6, 6.07) is 0. The molecule has 0 aliphatic heterocycles. The van der Waals surface area contributed by atoms with Crippen LogP contribution >= 0.6 is 0 Å². The normalized spacial score (nSPS) is 15.2. The van der Waals surface area contributed by atoms with Crippen molar-refractivity contribution in [1.82, 2.24) is 0 Å². The van der Waals surface area contributed by atoms with Crippen LogP contribution in [0.25, 0.3) is 0 Å². The van der Waals surface area contributed by atoms with Gasteiger partial charge in [0, 0.05) is 6.61 Å². The summed E-state index contributed by atoms with van der Waals surface area (Å²) >= 11 is 0. The van der Waals surface area contributed by atoms with E-state index in [0.29, 0.717) is 6.61 Å². The highest BCUT2D eigenvalue weighted by Gasteiger charge is 2.30. The Labute approximate surface area is 204 Å². The number of ether oxygens (including phenoxy) is 2. The molecule has 0 saturated carbocycles. The smallest absolute Gasteiger partial charge is 0.313 e. The maximum Gasteiger partial charge on any atom is 0.313 e. The molecule has 0 aliphatic rings. The highest BCUT2D eigenvalue weighted by atomic mass is 16.5. The first-order chi connectivity index (χ1) is 15.9. The Morgan fingerprint density at radius 2 is 1.18 bits per heavy atom. The maximum atomic E-state index is 11.9. The van der Waals surface area contributed by atoms with Gasteiger partial charge in [0.2, 0.25) is 0 Å². The molecule has 0 aromatic carbocycles. The van der Waals surface area contributed by atoms with Crippen molar-refractivity contribution in [2.75, 3.05) is 13.2 Å². The summed E-state index contributed by atoms with van der Waals surface area (Å²) in [4.78, 5) is 11.9. The third-order valence-corrected chi connectivity index (χ3v) is 6.42. The number of aliphatic hydroxyl groups excluding tert-OH is 2. The van der Waals surface area contributed by atoms with Crippen molar-refractivity contribution >= 4 is 5.97 Å². The van der Waals surface area contributed by atoms with Crippen LogP contribution in [0.1, 0.15) is 130 Å². The van der Waals surface area contributed by atoms with Gasteiger partial charge in [0.15, 0.2) is 0 Å². The zero-order valence-corrected chi connectivity index (χ0v) is 21.9. The molecule has 0 saturated heterocycles. The Hall–Kier alpha value is -0.690. The molecule has 0 fully saturated rings. The predicted octanol–water partition coefficient (Wildman–Crippen LogP) is 5.86. The fourth-order valence-electron chi connectivity index (χ4n) is 4.11. The number of hydrogen-bond acceptors (Lipinski definition) is 6. The van der Waals surface area contributed by atoms with Gasteiger partial charge in [-0.2, -0.15) is 0 Å². The summed E-state index contributed by atoms with van der Waals surface area (Å²) < 4.78 is 10.6. The van der Waals surface area contributed by atoms with Crippen LogP contribution in [0.4, 0.5) is 0 Å². The summed E-state index contributed by atoms with van der Waals surface area (Å²) in [7, 11) is 0. The first-order valence-electron chi connectivity index (χ1n) is 13.8. The van der Waals surface area contributed by atoms with Crippen molar-refractivity contribution in [3.63, 3.8) is 0 Å². The Morgan fingerprint density at radius 1 is 0.758 bits per heavy atom. The molecule has 4 atom stereocenters. The molecule has 33 heavy (non-hydrogen) atoms. The van der Waals surface area contributed by atoms with E-state index in [0.717, 1.165) is 12.8 Å². The topological polar surface area (TPSA) is 102 Å². The summed E-state index contributed by atoms with van der Waals surface area (Å²) in [5.74, 6) is -1.53. The molecule has 0 bridgehead atoms. The molecule has 0 spiro atoms. The monoisotopic (exact) mass is 473 g/mol. The van der Waals surface area contributed by atoms with Crippen molar-refractivity contribution in [3.05, 3.63) is 0 Å². The average molecular weight is 474 g/mol. The third kappa shape index (κ3) is 19.3. The molecule has 0 aromatic heterocycles. The van der Waals surface area contributed by atoms with Crippen LogP contribution in [-0.4, -0.2) is 47.8 Å². The van der Waals surface area contributed by atoms with E-state index >= 15 is 0 Å². The van der Waals surface area contributed by atoms with E-state index in [1.807, 2.05) is 0 Å². The van der Waals surface area contributed by atoms with E-state index in [-0.39, 0.29) is 13.0 Å². The molecule has 4 N–H and O–H groups in total. The lowest BCUT2D eigenvalue weighted by Gasteiger charge is -2.25. The molecule has 4 unspecified atom stereocenters. The van der Waals surface area contributed by atoms with Crippen molar-refractivity contribution in [2.24, 2.45) is 11.7 Å². The Balaban J connectivity index is 3.55. The predicted molar refractivity (Wildman–Crippen MR) is 136 cm³/mol. The molecule has 6 heteroatoms. The Morgan fingerprint density at radius 3 is 1.58 bits per heavy atom. The van der Waals surface area contributed by atoms with Gasteiger partial charge in [0.1, 0.15) is 6.23 Å². The van der Waals surface area contributed by atoms with Crippen LogP contribution in [0.5, 0.6) is 0 Å². The average Bonchev–Trinajstić information content (AvgIpc) is 2.79. The third-order valence-electron chi connectivity index (χ3n) is 6.42. The Bertz CT molecular complexity index is 433. The van der Waals surface area contributed by atoms with Gasteiger partial charge in [-0.25, -0.2) is 0 Å². The van der Waals surface area contributed by atoms with Gasteiger partial charge in [-0.15, -0.1) is 0 Å². The first kappa shape index (κ1) is 32.3. The minimum absolute atomic E-state index is 0.0244. The fraction of sp³-hybridized carbons (Fsp3) is 0.963. The van der Waals surface area contributed by atoms with Crippen molar-refractivity contribution in [2.45, 2.75) is 148 Å². The number of aliphatic hydroxyl groups is 2. The second-order valence-electron chi connectivity index (χ2n) is 9.53. The van der Waals surface area contributed by atoms with E-state index in [1.54, 1.807) is 13.8 Å². The van der Waals surface area contributed by atoms with E-state index in [2.05, 4.69) is 6.92 Å². The van der Waals surface area contributed by atoms with Crippen LogP contribution < -0.4 is 5.73 Å². The summed E-state index contributed by atoms with van der Waals surface area (Å²) in [5.41, 5.74) is 5.46. The Kier molecular flexibility index (Phi) is 22.6. The van der Waals surface area contributed by atoms with Crippen LogP contribution in [0.3, 0.4) is 0 Å². The quantitative estimate of drug-likeness (QED) is 0.0922. The molecule has 0 radical (unpaired) electrons. The number of carbonyl (C=O) groups excluding carboxylic acids is 1. The second kappa shape index (κ2) is 23.1. The van der Waals surface area contributed by atoms with E-state index < -0.39 is 30.3 Å². The van der Waals surface area contributed by atoms with Gasteiger partial charge < -0.3 is 25.4 Å². The lowest BCUT2D eigenvalue weighted by Crippen LogP contribution is -2.41. The zero-order valence-electron chi connectivity index (χ0n) is 21.9. The summed E-state index contributed by atoms with van der Waals surface area (Å²) in [6.45, 7) is 6.54. The number of rotatable bonds is 24. The van der Waals surface area contributed by atoms with Gasteiger partial charge in [0.05, 0.1) is 24.7 Å². The van der Waals surface area contributed by atoms with Gasteiger partial charge in [-0.05, 0) is 26.7 Å². The number of unbranched alkanes of at least 4 members (excludes halogenated alkanes) is 15. The first-order valence-corrected chi connectivity index (χ1v) is 13.8. The highest BCUT2D eigenvalue weighted by molar-refractivity contribution is 5.73. The molecular formula is C27H55NO5. The van der Waals surface area contributed by atoms with Gasteiger partial charge in [-0.1, -0.05) is 103 Å². The van der Waals surface area contributed by atoms with Crippen molar-refractivity contribution in [3.8, 4) is 0 Å². The molecule has 0 amide bonds. The molecule has 0 aromatic rings. The second-order valence-corrected chi connectivity index (χ2v) is 9.53.